The predicted molar refractivity (Wildman–Crippen MR) is 167 cm³/mol. The molecule has 0 atom stereocenters. The minimum atomic E-state index is -0.0265. The van der Waals surface area contributed by atoms with Crippen LogP contribution in [-0.4, -0.2) is 27.2 Å². The molecule has 3 N–H and O–H groups in total. The third-order valence-electron chi connectivity index (χ3n) is 7.33. The highest BCUT2D eigenvalue weighted by molar-refractivity contribution is 5.85. The van der Waals surface area contributed by atoms with Crippen molar-refractivity contribution in [2.24, 2.45) is 24.3 Å². The fourth-order valence-corrected chi connectivity index (χ4v) is 5.09. The van der Waals surface area contributed by atoms with Gasteiger partial charge in [-0.1, -0.05) is 24.3 Å². The van der Waals surface area contributed by atoms with Gasteiger partial charge in [-0.25, -0.2) is 28.8 Å². The van der Waals surface area contributed by atoms with Crippen molar-refractivity contribution < 1.29 is 33.9 Å². The van der Waals surface area contributed by atoms with E-state index < -0.39 is 0 Å². The standard InChI is InChI=1S/C33H33N9.2ClH/c1-23-5-15-31-39(3)29(21-41(31)19-23)27-11-7-25(8-12-27)17-35-37-33(34)38-36-18-26-9-13-28(14-10-26)30-22-42-20-24(2)6-16-32(42)40(30)4;;/h5-22H,1-4H3,(H3,34,37,38);2*1H/q+2;;/p-2/b35-17+,36-18+;;. The molecule has 0 aliphatic heterocycles. The molecular formula is C33H33Cl2N9. The molecule has 0 aliphatic rings. The van der Waals surface area contributed by atoms with Crippen molar-refractivity contribution in [1.29, 1.82) is 5.41 Å². The first-order valence-corrected chi connectivity index (χ1v) is 13.7. The topological polar surface area (TPSA) is 89.2 Å². The largest absolute Gasteiger partial charge is 1.00 e. The van der Waals surface area contributed by atoms with E-state index in [-0.39, 0.29) is 30.8 Å². The van der Waals surface area contributed by atoms with Gasteiger partial charge in [0.15, 0.2) is 11.4 Å². The molecule has 0 aliphatic carbocycles. The number of fused-ring (bicyclic) bond motifs is 2. The molecule has 0 radical (unpaired) electrons. The second-order valence-electron chi connectivity index (χ2n) is 10.4. The molecule has 11 heteroatoms. The van der Waals surface area contributed by atoms with Crippen molar-refractivity contribution >= 4 is 29.7 Å². The van der Waals surface area contributed by atoms with E-state index in [0.29, 0.717) is 0 Å². The molecule has 9 nitrogen and oxygen atoms in total. The number of aromatic nitrogens is 4. The number of benzene rings is 2. The van der Waals surface area contributed by atoms with Gasteiger partial charge in [-0.05, 0) is 72.5 Å². The van der Waals surface area contributed by atoms with Gasteiger partial charge in [0.1, 0.15) is 12.4 Å². The summed E-state index contributed by atoms with van der Waals surface area (Å²) in [6.45, 7) is 4.18. The number of nitrogens with zero attached hydrogens (tertiary/aromatic N) is 6. The molecule has 4 heterocycles. The number of nitrogens with one attached hydrogen (secondary N) is 3. The predicted octanol–water partition coefficient (Wildman–Crippen LogP) is -1.72. The number of guanidine groups is 1. The zero-order valence-electron chi connectivity index (χ0n) is 24.8. The van der Waals surface area contributed by atoms with Crippen LogP contribution in [0.15, 0.2) is 108 Å². The number of rotatable bonds is 6. The second kappa shape index (κ2) is 13.5. The summed E-state index contributed by atoms with van der Waals surface area (Å²) in [6, 6.07) is 24.8. The minimum absolute atomic E-state index is 0. The van der Waals surface area contributed by atoms with Crippen LogP contribution in [0.1, 0.15) is 22.3 Å². The van der Waals surface area contributed by atoms with Crippen LogP contribution >= 0.6 is 0 Å². The molecule has 0 saturated heterocycles. The van der Waals surface area contributed by atoms with E-state index in [0.717, 1.165) is 44.9 Å². The van der Waals surface area contributed by atoms with Gasteiger partial charge < -0.3 is 24.8 Å². The Hall–Kier alpha value is -4.99. The highest BCUT2D eigenvalue weighted by Crippen LogP contribution is 2.19. The summed E-state index contributed by atoms with van der Waals surface area (Å²) in [6.07, 6.45) is 11.9. The van der Waals surface area contributed by atoms with Gasteiger partial charge in [-0.2, -0.15) is 10.2 Å². The number of pyridine rings is 2. The maximum absolute atomic E-state index is 8.04. The fraction of sp³-hybridized carbons (Fsp3) is 0.121. The molecule has 0 amide bonds. The lowest BCUT2D eigenvalue weighted by molar-refractivity contribution is -0.633. The van der Waals surface area contributed by atoms with E-state index in [4.69, 9.17) is 5.41 Å². The van der Waals surface area contributed by atoms with Crippen LogP contribution < -0.4 is 44.8 Å². The molecule has 0 unspecified atom stereocenters. The van der Waals surface area contributed by atoms with Crippen LogP contribution in [0.4, 0.5) is 0 Å². The molecule has 6 aromatic rings. The fourth-order valence-electron chi connectivity index (χ4n) is 5.09. The molecular weight excluding hydrogens is 593 g/mol. The maximum Gasteiger partial charge on any atom is 0.286 e. The summed E-state index contributed by atoms with van der Waals surface area (Å²) >= 11 is 0. The molecule has 0 bridgehead atoms. The third kappa shape index (κ3) is 6.64. The zero-order valence-corrected chi connectivity index (χ0v) is 26.3. The van der Waals surface area contributed by atoms with Gasteiger partial charge in [-0.3, -0.25) is 5.41 Å². The monoisotopic (exact) mass is 625 g/mol. The van der Waals surface area contributed by atoms with E-state index in [9.17, 15) is 0 Å². The average Bonchev–Trinajstić information content (AvgIpc) is 3.49. The maximum atomic E-state index is 8.04. The van der Waals surface area contributed by atoms with E-state index in [1.807, 2.05) is 24.3 Å². The quantitative estimate of drug-likeness (QED) is 0.0890. The Balaban J connectivity index is 0.00000221. The van der Waals surface area contributed by atoms with Crippen LogP contribution in [0.3, 0.4) is 0 Å². The van der Waals surface area contributed by atoms with Crippen LogP contribution in [0.2, 0.25) is 0 Å². The first-order valence-electron chi connectivity index (χ1n) is 13.7. The van der Waals surface area contributed by atoms with Crippen molar-refractivity contribution in [3.8, 4) is 22.5 Å². The molecule has 224 valence electrons. The van der Waals surface area contributed by atoms with Crippen LogP contribution in [0, 0.1) is 19.3 Å². The lowest BCUT2D eigenvalue weighted by atomic mass is 10.1. The van der Waals surface area contributed by atoms with Crippen molar-refractivity contribution in [2.45, 2.75) is 13.8 Å². The third-order valence-corrected chi connectivity index (χ3v) is 7.33. The first kappa shape index (κ1) is 31.9. The van der Waals surface area contributed by atoms with Crippen molar-refractivity contribution in [3.05, 3.63) is 120 Å². The van der Waals surface area contributed by atoms with Crippen LogP contribution in [-0.2, 0) is 14.1 Å². The van der Waals surface area contributed by atoms with Gasteiger partial charge in [0.05, 0.1) is 38.9 Å². The van der Waals surface area contributed by atoms with Gasteiger partial charge in [0.25, 0.3) is 11.3 Å². The Morgan fingerprint density at radius 3 is 1.39 bits per heavy atom. The summed E-state index contributed by atoms with van der Waals surface area (Å²) < 4.78 is 8.64. The number of halogens is 2. The van der Waals surface area contributed by atoms with E-state index >= 15 is 0 Å². The van der Waals surface area contributed by atoms with E-state index in [1.165, 1.54) is 11.1 Å². The van der Waals surface area contributed by atoms with Crippen molar-refractivity contribution in [1.82, 2.24) is 19.7 Å². The number of imidazole rings is 2. The average molecular weight is 627 g/mol. The van der Waals surface area contributed by atoms with Crippen LogP contribution in [0.25, 0.3) is 33.8 Å². The Morgan fingerprint density at radius 2 is 1.00 bits per heavy atom. The summed E-state index contributed by atoms with van der Waals surface area (Å²) in [5.74, 6) is -0.0265. The summed E-state index contributed by atoms with van der Waals surface area (Å²) in [7, 11) is 4.14. The molecule has 6 rings (SSSR count). The molecule has 4 aromatic heterocycles. The minimum Gasteiger partial charge on any atom is -1.00 e. The van der Waals surface area contributed by atoms with Crippen molar-refractivity contribution in [3.63, 3.8) is 0 Å². The smallest absolute Gasteiger partial charge is 0.286 e. The molecule has 0 fully saturated rings. The lowest BCUT2D eigenvalue weighted by Gasteiger charge is -2.02. The number of hydrogen-bond donors (Lipinski definition) is 3. The second-order valence-corrected chi connectivity index (χ2v) is 10.4. The van der Waals surface area contributed by atoms with Crippen molar-refractivity contribution in [2.75, 3.05) is 0 Å². The highest BCUT2D eigenvalue weighted by atomic mass is 35.5. The SMILES string of the molecule is Cc1ccc2n(c1)cc(-c1ccc(/C=N/NC(=N)N/N=C/c3ccc(-c4cn5cc(C)ccc5[n+]4C)cc3)cc1)[n+]2C.[Cl-].[Cl-]. The van der Waals surface area contributed by atoms with Gasteiger partial charge >= 0.3 is 0 Å². The summed E-state index contributed by atoms with van der Waals surface area (Å²) in [5.41, 5.74) is 16.4. The first-order chi connectivity index (χ1) is 20.4. The highest BCUT2D eigenvalue weighted by Gasteiger charge is 2.17. The summed E-state index contributed by atoms with van der Waals surface area (Å²) in [4.78, 5) is 0. The Labute approximate surface area is 268 Å². The summed E-state index contributed by atoms with van der Waals surface area (Å²) in [5, 5.41) is 16.4. The van der Waals surface area contributed by atoms with E-state index in [1.54, 1.807) is 12.4 Å². The normalized spacial score (nSPS) is 11.2. The lowest BCUT2D eigenvalue weighted by Crippen LogP contribution is -3.00. The molecule has 44 heavy (non-hydrogen) atoms. The number of hydrazone groups is 2. The molecule has 0 saturated carbocycles. The van der Waals surface area contributed by atoms with Gasteiger partial charge in [0, 0.05) is 23.3 Å². The zero-order chi connectivity index (χ0) is 29.2. The Morgan fingerprint density at radius 1 is 0.614 bits per heavy atom. The number of aryl methyl sites for hydroxylation is 4. The number of hydrogen-bond acceptors (Lipinski definition) is 3. The van der Waals surface area contributed by atoms with Gasteiger partial charge in [-0.15, -0.1) is 0 Å². The van der Waals surface area contributed by atoms with Crippen LogP contribution in [0.5, 0.6) is 0 Å². The van der Waals surface area contributed by atoms with Gasteiger partial charge in [0.2, 0.25) is 5.96 Å². The molecule has 2 aromatic carbocycles. The van der Waals surface area contributed by atoms with E-state index in [2.05, 4.69) is 140 Å². The Kier molecular flexibility index (Phi) is 9.83. The Bertz CT molecular complexity index is 1840. The molecule has 0 spiro atoms.